The van der Waals surface area contributed by atoms with E-state index in [0.29, 0.717) is 19.6 Å². The van der Waals surface area contributed by atoms with Crippen LogP contribution >= 0.6 is 0 Å². The number of ether oxygens (including phenoxy) is 1. The fourth-order valence-corrected chi connectivity index (χ4v) is 2.43. The van der Waals surface area contributed by atoms with Crippen molar-refractivity contribution in [3.63, 3.8) is 0 Å². The molecule has 0 N–H and O–H groups in total. The number of nitrogens with zero attached hydrogens (tertiary/aromatic N) is 2. The van der Waals surface area contributed by atoms with E-state index in [1.807, 2.05) is 37.3 Å². The highest BCUT2D eigenvalue weighted by Gasteiger charge is 2.29. The van der Waals surface area contributed by atoms with Gasteiger partial charge in [-0.15, -0.1) is 0 Å². The van der Waals surface area contributed by atoms with Crippen LogP contribution in [0.15, 0.2) is 30.3 Å². The van der Waals surface area contributed by atoms with Crippen LogP contribution in [0.2, 0.25) is 0 Å². The molecule has 110 valence electrons. The van der Waals surface area contributed by atoms with Crippen molar-refractivity contribution in [2.45, 2.75) is 19.6 Å². The Morgan fingerprint density at radius 3 is 2.75 bits per heavy atom. The Morgan fingerprint density at radius 1 is 1.35 bits per heavy atom. The standard InChI is InChI=1S/C15H21FN2O2/c1-2-17-8-9-18(11-14(17)10-16)15(19)20-12-13-6-4-3-5-7-13/h3-7,14H,2,8-12H2,1H3/t14-/m0/s1. The van der Waals surface area contributed by atoms with Crippen LogP contribution in [0.4, 0.5) is 9.18 Å². The van der Waals surface area contributed by atoms with Crippen LogP contribution in [0.3, 0.4) is 0 Å². The largest absolute Gasteiger partial charge is 0.445 e. The molecule has 0 aliphatic carbocycles. The summed E-state index contributed by atoms with van der Waals surface area (Å²) in [6.07, 6.45) is -0.358. The summed E-state index contributed by atoms with van der Waals surface area (Å²) < 4.78 is 18.3. The van der Waals surface area contributed by atoms with Gasteiger partial charge in [-0.05, 0) is 12.1 Å². The van der Waals surface area contributed by atoms with Crippen molar-refractivity contribution in [2.75, 3.05) is 32.9 Å². The zero-order valence-electron chi connectivity index (χ0n) is 11.8. The van der Waals surface area contributed by atoms with E-state index in [4.69, 9.17) is 4.74 Å². The summed E-state index contributed by atoms with van der Waals surface area (Å²) in [5.41, 5.74) is 0.954. The van der Waals surface area contributed by atoms with E-state index in [2.05, 4.69) is 4.90 Å². The molecule has 1 aromatic carbocycles. The molecule has 20 heavy (non-hydrogen) atoms. The normalized spacial score (nSPS) is 19.9. The number of alkyl halides is 1. The highest BCUT2D eigenvalue weighted by molar-refractivity contribution is 5.67. The molecule has 5 heteroatoms. The number of carbonyl (C=O) groups is 1. The summed E-state index contributed by atoms with van der Waals surface area (Å²) in [5, 5.41) is 0. The maximum atomic E-state index is 13.0. The lowest BCUT2D eigenvalue weighted by Gasteiger charge is -2.39. The highest BCUT2D eigenvalue weighted by Crippen LogP contribution is 2.12. The highest BCUT2D eigenvalue weighted by atomic mass is 19.1. The van der Waals surface area contributed by atoms with Crippen LogP contribution in [0.5, 0.6) is 0 Å². The van der Waals surface area contributed by atoms with Gasteiger partial charge in [0, 0.05) is 19.6 Å². The van der Waals surface area contributed by atoms with Crippen LogP contribution in [-0.4, -0.2) is 54.8 Å². The number of benzene rings is 1. The predicted octanol–water partition coefficient (Wildman–Crippen LogP) is 2.30. The fraction of sp³-hybridized carbons (Fsp3) is 0.533. The van der Waals surface area contributed by atoms with Crippen LogP contribution in [0.1, 0.15) is 12.5 Å². The molecular formula is C15H21FN2O2. The molecule has 1 fully saturated rings. The second-order valence-corrected chi connectivity index (χ2v) is 4.92. The van der Waals surface area contributed by atoms with E-state index >= 15 is 0 Å². The molecule has 0 saturated carbocycles. The number of rotatable bonds is 4. The van der Waals surface area contributed by atoms with Crippen molar-refractivity contribution in [3.8, 4) is 0 Å². The van der Waals surface area contributed by atoms with Gasteiger partial charge >= 0.3 is 6.09 Å². The molecule has 4 nitrogen and oxygen atoms in total. The first-order valence-corrected chi connectivity index (χ1v) is 7.00. The van der Waals surface area contributed by atoms with Gasteiger partial charge in [0.1, 0.15) is 13.3 Å². The minimum atomic E-state index is -0.434. The molecule has 1 heterocycles. The van der Waals surface area contributed by atoms with E-state index in [-0.39, 0.29) is 18.7 Å². The van der Waals surface area contributed by atoms with Crippen molar-refractivity contribution >= 4 is 6.09 Å². The van der Waals surface area contributed by atoms with E-state index in [1.165, 1.54) is 0 Å². The monoisotopic (exact) mass is 280 g/mol. The van der Waals surface area contributed by atoms with Gasteiger partial charge in [-0.25, -0.2) is 9.18 Å². The van der Waals surface area contributed by atoms with Crippen LogP contribution in [0, 0.1) is 0 Å². The number of hydrogen-bond acceptors (Lipinski definition) is 3. The molecule has 1 atom stereocenters. The van der Waals surface area contributed by atoms with E-state index < -0.39 is 6.67 Å². The van der Waals surface area contributed by atoms with Crippen molar-refractivity contribution in [2.24, 2.45) is 0 Å². The van der Waals surface area contributed by atoms with Gasteiger partial charge < -0.3 is 9.64 Å². The molecular weight excluding hydrogens is 259 g/mol. The van der Waals surface area contributed by atoms with Crippen molar-refractivity contribution in [1.29, 1.82) is 0 Å². The summed E-state index contributed by atoms with van der Waals surface area (Å²) in [7, 11) is 0. The van der Waals surface area contributed by atoms with Gasteiger partial charge in [0.2, 0.25) is 0 Å². The number of amides is 1. The molecule has 1 saturated heterocycles. The Morgan fingerprint density at radius 2 is 2.10 bits per heavy atom. The smallest absolute Gasteiger partial charge is 0.410 e. The van der Waals surface area contributed by atoms with Gasteiger partial charge in [-0.2, -0.15) is 0 Å². The van der Waals surface area contributed by atoms with Crippen LogP contribution in [-0.2, 0) is 11.3 Å². The quantitative estimate of drug-likeness (QED) is 0.848. The van der Waals surface area contributed by atoms with Crippen molar-refractivity contribution in [1.82, 2.24) is 9.80 Å². The third-order valence-electron chi connectivity index (χ3n) is 3.65. The zero-order valence-corrected chi connectivity index (χ0v) is 11.8. The summed E-state index contributed by atoms with van der Waals surface area (Å²) in [5.74, 6) is 0. The first kappa shape index (κ1) is 14.8. The van der Waals surface area contributed by atoms with E-state index in [0.717, 1.165) is 12.1 Å². The molecule has 1 aliphatic rings. The molecule has 0 aromatic heterocycles. The number of halogens is 1. The maximum absolute atomic E-state index is 13.0. The lowest BCUT2D eigenvalue weighted by Crippen LogP contribution is -2.55. The molecule has 0 bridgehead atoms. The van der Waals surface area contributed by atoms with E-state index in [9.17, 15) is 9.18 Å². The van der Waals surface area contributed by atoms with E-state index in [1.54, 1.807) is 4.90 Å². The molecule has 2 rings (SSSR count). The molecule has 1 aliphatic heterocycles. The Bertz CT molecular complexity index is 427. The van der Waals surface area contributed by atoms with Gasteiger partial charge in [-0.1, -0.05) is 37.3 Å². The van der Waals surface area contributed by atoms with Crippen LogP contribution in [0.25, 0.3) is 0 Å². The second kappa shape index (κ2) is 7.24. The first-order chi connectivity index (χ1) is 9.74. The summed E-state index contributed by atoms with van der Waals surface area (Å²) in [6.45, 7) is 4.33. The third kappa shape index (κ3) is 3.70. The van der Waals surface area contributed by atoms with Crippen molar-refractivity contribution < 1.29 is 13.9 Å². The number of carbonyl (C=O) groups excluding carboxylic acids is 1. The lowest BCUT2D eigenvalue weighted by atomic mass is 10.2. The lowest BCUT2D eigenvalue weighted by molar-refractivity contribution is 0.0419. The topological polar surface area (TPSA) is 32.8 Å². The minimum absolute atomic E-state index is 0.210. The molecule has 1 amide bonds. The Hall–Kier alpha value is -1.62. The average Bonchev–Trinajstić information content (AvgIpc) is 2.52. The van der Waals surface area contributed by atoms with Gasteiger partial charge in [0.25, 0.3) is 0 Å². The maximum Gasteiger partial charge on any atom is 0.410 e. The van der Waals surface area contributed by atoms with Gasteiger partial charge in [0.15, 0.2) is 0 Å². The number of hydrogen-bond donors (Lipinski definition) is 0. The summed E-state index contributed by atoms with van der Waals surface area (Å²) >= 11 is 0. The Kier molecular flexibility index (Phi) is 5.35. The average molecular weight is 280 g/mol. The molecule has 0 spiro atoms. The third-order valence-corrected chi connectivity index (χ3v) is 3.65. The minimum Gasteiger partial charge on any atom is -0.445 e. The molecule has 1 aromatic rings. The zero-order chi connectivity index (χ0) is 14.4. The molecule has 0 unspecified atom stereocenters. The fourth-order valence-electron chi connectivity index (χ4n) is 2.43. The first-order valence-electron chi connectivity index (χ1n) is 7.00. The Balaban J connectivity index is 1.84. The summed E-state index contributed by atoms with van der Waals surface area (Å²) in [6, 6.07) is 9.34. The SMILES string of the molecule is CCN1CCN(C(=O)OCc2ccccc2)C[C@@H]1CF. The number of piperazine rings is 1. The predicted molar refractivity (Wildman–Crippen MR) is 75.2 cm³/mol. The van der Waals surface area contributed by atoms with Gasteiger partial charge in [0.05, 0.1) is 6.04 Å². The number of likely N-dealkylation sites (N-methyl/N-ethyl adjacent to an activating group) is 1. The molecule has 0 radical (unpaired) electrons. The Labute approximate surface area is 119 Å². The van der Waals surface area contributed by atoms with Gasteiger partial charge in [-0.3, -0.25) is 4.90 Å². The van der Waals surface area contributed by atoms with Crippen LogP contribution < -0.4 is 0 Å². The van der Waals surface area contributed by atoms with Crippen molar-refractivity contribution in [3.05, 3.63) is 35.9 Å². The summed E-state index contributed by atoms with van der Waals surface area (Å²) in [4.78, 5) is 15.6. The second-order valence-electron chi connectivity index (χ2n) is 4.92.